The van der Waals surface area contributed by atoms with Crippen LogP contribution in [-0.4, -0.2) is 18.1 Å². The van der Waals surface area contributed by atoms with E-state index in [9.17, 15) is 0 Å². The Morgan fingerprint density at radius 1 is 0.233 bits per heavy atom. The van der Waals surface area contributed by atoms with Crippen LogP contribution in [0, 0.1) is 0 Å². The van der Waals surface area contributed by atoms with E-state index in [2.05, 4.69) is 273 Å². The second-order valence-corrected chi connectivity index (χ2v) is 20.4. The van der Waals surface area contributed by atoms with Crippen LogP contribution < -0.4 is 0 Å². The predicted octanol–water partition coefficient (Wildman–Crippen LogP) is 18.6. The molecule has 0 saturated heterocycles. The first-order valence-electron chi connectivity index (χ1n) is 25.0. The Labute approximate surface area is 423 Å². The lowest BCUT2D eigenvalue weighted by atomic mass is 9.98. The molecule has 73 heavy (non-hydrogen) atoms. The van der Waals surface area contributed by atoms with Crippen molar-refractivity contribution in [2.24, 2.45) is 0 Å². The maximum atomic E-state index is 2.52. The summed E-state index contributed by atoms with van der Waals surface area (Å²) in [6.45, 7) is 0. The van der Waals surface area contributed by atoms with E-state index in [0.717, 1.165) is 28.2 Å². The molecule has 340 valence electrons. The average Bonchev–Trinajstić information content (AvgIpc) is 4.26. The molecule has 16 rings (SSSR count). The van der Waals surface area contributed by atoms with Crippen molar-refractivity contribution >= 4 is 103 Å². The molecule has 0 aliphatic rings. The Morgan fingerprint density at radius 3 is 1.55 bits per heavy atom. The second kappa shape index (κ2) is 15.5. The van der Waals surface area contributed by atoms with Crippen LogP contribution in [0.5, 0.6) is 0 Å². The first-order valence-corrected chi connectivity index (χ1v) is 25.8. The van der Waals surface area contributed by atoms with E-state index in [0.29, 0.717) is 0 Å². The minimum absolute atomic E-state index is 1.13. The zero-order valence-electron chi connectivity index (χ0n) is 39.4. The van der Waals surface area contributed by atoms with Gasteiger partial charge < -0.3 is 9.13 Å². The zero-order chi connectivity index (χ0) is 47.7. The van der Waals surface area contributed by atoms with E-state index in [1.54, 1.807) is 0 Å². The molecule has 0 saturated carbocycles. The highest BCUT2D eigenvalue weighted by atomic mass is 32.1. The lowest BCUT2D eigenvalue weighted by Crippen LogP contribution is -1.96. The second-order valence-electron chi connectivity index (χ2n) is 19.3. The van der Waals surface area contributed by atoms with Gasteiger partial charge in [-0.1, -0.05) is 152 Å². The van der Waals surface area contributed by atoms with Crippen molar-refractivity contribution in [2.45, 2.75) is 0 Å². The third kappa shape index (κ3) is 5.94. The molecule has 5 heteroatoms. The lowest BCUT2D eigenvalue weighted by molar-refractivity contribution is 1.15. The average molecular weight is 947 g/mol. The molecule has 0 amide bonds. The van der Waals surface area contributed by atoms with Crippen LogP contribution in [-0.2, 0) is 0 Å². The largest absolute Gasteiger partial charge is 0.309 e. The smallest absolute Gasteiger partial charge is 0.131 e. The van der Waals surface area contributed by atoms with Gasteiger partial charge >= 0.3 is 0 Å². The minimum Gasteiger partial charge on any atom is -0.309 e. The van der Waals surface area contributed by atoms with Crippen LogP contribution in [0.3, 0.4) is 0 Å². The predicted molar refractivity (Wildman–Crippen MR) is 310 cm³/mol. The van der Waals surface area contributed by atoms with Crippen LogP contribution in [0.2, 0.25) is 0 Å². The van der Waals surface area contributed by atoms with Crippen LogP contribution in [0.15, 0.2) is 255 Å². The molecular formula is C68H42N4S. The Balaban J connectivity index is 0.915. The fourth-order valence-corrected chi connectivity index (χ4v) is 13.2. The molecule has 5 heterocycles. The van der Waals surface area contributed by atoms with Gasteiger partial charge in [-0.15, -0.1) is 11.3 Å². The molecule has 0 fully saturated rings. The molecule has 0 bridgehead atoms. The Bertz CT molecular complexity index is 4910. The fraction of sp³-hybridized carbons (Fsp3) is 0. The summed E-state index contributed by atoms with van der Waals surface area (Å²) in [6.07, 6.45) is 0. The molecule has 0 spiro atoms. The van der Waals surface area contributed by atoms with Gasteiger partial charge in [0, 0.05) is 69.7 Å². The van der Waals surface area contributed by atoms with Gasteiger partial charge in [-0.3, -0.25) is 8.97 Å². The summed E-state index contributed by atoms with van der Waals surface area (Å²) in [5, 5.41) is 8.76. The highest BCUT2D eigenvalue weighted by Gasteiger charge is 2.25. The summed E-state index contributed by atoms with van der Waals surface area (Å²) in [5.74, 6) is 0. The molecule has 16 aromatic rings. The highest BCUT2D eigenvalue weighted by Crippen LogP contribution is 2.46. The normalized spacial score (nSPS) is 12.1. The minimum atomic E-state index is 1.13. The van der Waals surface area contributed by atoms with Crippen molar-refractivity contribution in [1.82, 2.24) is 18.1 Å². The maximum absolute atomic E-state index is 2.52. The molecule has 0 aliphatic heterocycles. The molecule has 0 N–H and O–H groups in total. The van der Waals surface area contributed by atoms with Gasteiger partial charge in [-0.2, -0.15) is 0 Å². The number of aromatic nitrogens is 4. The summed E-state index contributed by atoms with van der Waals surface area (Å²) in [5.41, 5.74) is 20.0. The van der Waals surface area contributed by atoms with E-state index in [1.165, 1.54) is 114 Å². The number of thiophene rings is 1. The van der Waals surface area contributed by atoms with Crippen molar-refractivity contribution in [1.29, 1.82) is 0 Å². The van der Waals surface area contributed by atoms with Crippen molar-refractivity contribution in [3.05, 3.63) is 255 Å². The fourth-order valence-electron chi connectivity index (χ4n) is 12.1. The van der Waals surface area contributed by atoms with E-state index < -0.39 is 0 Å². The van der Waals surface area contributed by atoms with Crippen molar-refractivity contribution < 1.29 is 0 Å². The van der Waals surface area contributed by atoms with E-state index >= 15 is 0 Å². The quantitative estimate of drug-likeness (QED) is 0.158. The van der Waals surface area contributed by atoms with Crippen molar-refractivity contribution in [2.75, 3.05) is 0 Å². The van der Waals surface area contributed by atoms with E-state index in [-0.39, 0.29) is 0 Å². The monoisotopic (exact) mass is 946 g/mol. The molecule has 5 aromatic heterocycles. The maximum Gasteiger partial charge on any atom is 0.131 e. The Morgan fingerprint density at radius 2 is 0.753 bits per heavy atom. The number of para-hydroxylation sites is 5. The van der Waals surface area contributed by atoms with Gasteiger partial charge in [0.05, 0.1) is 38.6 Å². The van der Waals surface area contributed by atoms with Gasteiger partial charge in [0.25, 0.3) is 0 Å². The lowest BCUT2D eigenvalue weighted by Gasteiger charge is -2.11. The molecule has 0 aliphatic carbocycles. The SMILES string of the molecule is c1ccc(-c2cccc(-n3c4ccccc4n4c5cc(-c6ccc7c(c6)c6ccccc6n7-c6ccc7c(c6)c6ccccc6n7-c6ccccc6)ccc5c(-c5ccc6sc7ccccc7c6c5)c34)c2)cc1. The van der Waals surface area contributed by atoms with Gasteiger partial charge in [0.1, 0.15) is 5.65 Å². The van der Waals surface area contributed by atoms with Crippen LogP contribution in [0.1, 0.15) is 0 Å². The number of hydrogen-bond donors (Lipinski definition) is 0. The topological polar surface area (TPSA) is 19.2 Å². The number of rotatable bonds is 6. The molecule has 0 unspecified atom stereocenters. The van der Waals surface area contributed by atoms with Gasteiger partial charge in [-0.25, -0.2) is 0 Å². The van der Waals surface area contributed by atoms with E-state index in [1.807, 2.05) is 11.3 Å². The summed E-state index contributed by atoms with van der Waals surface area (Å²) in [7, 11) is 0. The first-order chi connectivity index (χ1) is 36.2. The first kappa shape index (κ1) is 40.3. The number of nitrogens with zero attached hydrogens (tertiary/aromatic N) is 4. The van der Waals surface area contributed by atoms with E-state index in [4.69, 9.17) is 0 Å². The molecule has 0 radical (unpaired) electrons. The Hall–Kier alpha value is -9.42. The number of hydrogen-bond acceptors (Lipinski definition) is 1. The molecule has 4 nitrogen and oxygen atoms in total. The third-order valence-corrected chi connectivity index (χ3v) is 16.5. The zero-order valence-corrected chi connectivity index (χ0v) is 40.3. The molecular weight excluding hydrogens is 905 g/mol. The van der Waals surface area contributed by atoms with Gasteiger partial charge in [-0.05, 0) is 131 Å². The third-order valence-electron chi connectivity index (χ3n) is 15.3. The number of fused-ring (bicyclic) bond motifs is 14. The highest BCUT2D eigenvalue weighted by molar-refractivity contribution is 7.25. The summed E-state index contributed by atoms with van der Waals surface area (Å²) < 4.78 is 12.5. The van der Waals surface area contributed by atoms with Gasteiger partial charge in [0.15, 0.2) is 0 Å². The number of benzene rings is 11. The standard InChI is InChI=1S/C68H42N4S/c1-3-16-43(17-4-1)44-18-15-21-49(38-44)71-62-27-12-13-28-63(62)72-64-41-46(30-34-54(64)67(68(71)72)47-32-37-66-57(40-47)53-24-9-14-29-65(53)73-66)45-31-35-60-55(39-45)51-22-7-11-26-59(51)70(60)50-33-36-61-56(42-50)52-23-8-10-25-58(52)69(61)48-19-5-2-6-20-48/h1-42H. The number of imidazole rings is 1. The van der Waals surface area contributed by atoms with Crippen LogP contribution in [0.25, 0.3) is 142 Å². The van der Waals surface area contributed by atoms with Crippen LogP contribution >= 0.6 is 11.3 Å². The summed E-state index contributed by atoms with van der Waals surface area (Å²) in [4.78, 5) is 0. The summed E-state index contributed by atoms with van der Waals surface area (Å²) in [6, 6.07) is 94.0. The molecule has 0 atom stereocenters. The Kier molecular flexibility index (Phi) is 8.58. The summed E-state index contributed by atoms with van der Waals surface area (Å²) >= 11 is 1.87. The van der Waals surface area contributed by atoms with Crippen molar-refractivity contribution in [3.63, 3.8) is 0 Å². The molecule has 11 aromatic carbocycles. The van der Waals surface area contributed by atoms with Crippen molar-refractivity contribution in [3.8, 4) is 50.4 Å². The van der Waals surface area contributed by atoms with Gasteiger partial charge in [0.2, 0.25) is 0 Å². The van der Waals surface area contributed by atoms with Crippen LogP contribution in [0.4, 0.5) is 0 Å².